The van der Waals surface area contributed by atoms with E-state index in [1.165, 1.54) is 26.4 Å². The number of nitrogens with one attached hydrogen (secondary N) is 1. The SMILES string of the molecule is COc1ccc2c(cc([NH+](O)O)c3c(C(=O)O)cc4c(c32)OCO4)c1OC. The summed E-state index contributed by atoms with van der Waals surface area (Å²) in [5.41, 5.74) is -0.207. The summed E-state index contributed by atoms with van der Waals surface area (Å²) < 4.78 is 21.7. The molecule has 0 amide bonds. The molecule has 9 heteroatoms. The molecule has 1 heterocycles. The second-order valence-electron chi connectivity index (χ2n) is 5.86. The highest BCUT2D eigenvalue weighted by atomic mass is 16.8. The minimum atomic E-state index is -1.24. The standard InChI is InChI=1S/C18H15NO8/c1-24-12-4-3-8-9(16(12)25-2)5-11(19(22)23)14-10(18(20)21)6-13-17(15(8)14)27-7-26-13/h3-6,22-23H,7H2,1-2H3,(H,20,21)/p+1. The third kappa shape index (κ3) is 2.40. The van der Waals surface area contributed by atoms with Gasteiger partial charge in [0.15, 0.2) is 23.0 Å². The lowest BCUT2D eigenvalue weighted by Gasteiger charge is -2.16. The van der Waals surface area contributed by atoms with Crippen LogP contribution in [0.2, 0.25) is 0 Å². The predicted molar refractivity (Wildman–Crippen MR) is 91.8 cm³/mol. The molecular formula is C18H16NO8+. The zero-order valence-corrected chi connectivity index (χ0v) is 14.4. The largest absolute Gasteiger partial charge is 0.493 e. The van der Waals surface area contributed by atoms with E-state index in [-0.39, 0.29) is 29.2 Å². The first-order valence-electron chi connectivity index (χ1n) is 7.90. The average Bonchev–Trinajstić information content (AvgIpc) is 3.13. The van der Waals surface area contributed by atoms with Crippen LogP contribution in [0.4, 0.5) is 5.69 Å². The Morgan fingerprint density at radius 2 is 1.85 bits per heavy atom. The summed E-state index contributed by atoms with van der Waals surface area (Å²) in [5, 5.41) is 30.0. The topological polar surface area (TPSA) is 119 Å². The zero-order chi connectivity index (χ0) is 19.3. The van der Waals surface area contributed by atoms with E-state index in [9.17, 15) is 20.3 Å². The van der Waals surface area contributed by atoms with Gasteiger partial charge < -0.3 is 24.1 Å². The Morgan fingerprint density at radius 1 is 1.07 bits per heavy atom. The molecular weight excluding hydrogens is 358 g/mol. The molecule has 9 nitrogen and oxygen atoms in total. The lowest BCUT2D eigenvalue weighted by Crippen LogP contribution is -3.02. The van der Waals surface area contributed by atoms with Gasteiger partial charge >= 0.3 is 5.97 Å². The minimum absolute atomic E-state index is 0.0681. The van der Waals surface area contributed by atoms with Crippen molar-refractivity contribution in [2.45, 2.75) is 0 Å². The Morgan fingerprint density at radius 3 is 2.48 bits per heavy atom. The summed E-state index contributed by atoms with van der Waals surface area (Å²) in [6.07, 6.45) is 0. The van der Waals surface area contributed by atoms with E-state index < -0.39 is 11.2 Å². The van der Waals surface area contributed by atoms with Crippen LogP contribution in [0.25, 0.3) is 21.5 Å². The first-order chi connectivity index (χ1) is 13.0. The number of aromatic carboxylic acids is 1. The van der Waals surface area contributed by atoms with Crippen LogP contribution in [-0.2, 0) is 0 Å². The summed E-state index contributed by atoms with van der Waals surface area (Å²) in [5.74, 6) is 0.172. The van der Waals surface area contributed by atoms with Gasteiger partial charge in [-0.2, -0.15) is 10.4 Å². The van der Waals surface area contributed by atoms with E-state index >= 15 is 0 Å². The maximum Gasteiger partial charge on any atom is 0.336 e. The number of fused-ring (bicyclic) bond motifs is 5. The molecule has 0 fully saturated rings. The van der Waals surface area contributed by atoms with E-state index in [1.807, 2.05) is 0 Å². The number of carboxylic acid groups (broad SMARTS) is 1. The first kappa shape index (κ1) is 17.2. The first-order valence-corrected chi connectivity index (χ1v) is 7.90. The van der Waals surface area contributed by atoms with Gasteiger partial charge in [-0.15, -0.1) is 0 Å². The van der Waals surface area contributed by atoms with E-state index in [0.717, 1.165) is 0 Å². The molecule has 0 aromatic heterocycles. The fourth-order valence-corrected chi connectivity index (χ4v) is 3.45. The van der Waals surface area contributed by atoms with Crippen LogP contribution < -0.4 is 24.2 Å². The summed E-state index contributed by atoms with van der Waals surface area (Å²) in [6, 6.07) is 6.16. The van der Waals surface area contributed by atoms with Gasteiger partial charge in [0, 0.05) is 16.8 Å². The Kier molecular flexibility index (Phi) is 3.92. The Balaban J connectivity index is 2.30. The molecule has 3 aromatic rings. The highest BCUT2D eigenvalue weighted by Crippen LogP contribution is 2.49. The maximum absolute atomic E-state index is 11.8. The van der Waals surface area contributed by atoms with Crippen molar-refractivity contribution in [2.75, 3.05) is 21.0 Å². The van der Waals surface area contributed by atoms with Gasteiger partial charge in [0.2, 0.25) is 12.5 Å². The number of hydrogen-bond acceptors (Lipinski definition) is 7. The van der Waals surface area contributed by atoms with Crippen LogP contribution in [0.5, 0.6) is 23.0 Å². The van der Waals surface area contributed by atoms with Gasteiger partial charge in [-0.3, -0.25) is 0 Å². The van der Waals surface area contributed by atoms with Gasteiger partial charge in [-0.05, 0) is 28.8 Å². The van der Waals surface area contributed by atoms with Crippen LogP contribution >= 0.6 is 0 Å². The highest BCUT2D eigenvalue weighted by Gasteiger charge is 2.30. The van der Waals surface area contributed by atoms with Crippen molar-refractivity contribution in [3.63, 3.8) is 0 Å². The van der Waals surface area contributed by atoms with E-state index in [1.54, 1.807) is 12.1 Å². The lowest BCUT2D eigenvalue weighted by molar-refractivity contribution is -1.19. The van der Waals surface area contributed by atoms with Crippen molar-refractivity contribution >= 4 is 33.2 Å². The second-order valence-corrected chi connectivity index (χ2v) is 5.86. The third-order valence-corrected chi connectivity index (χ3v) is 4.55. The van der Waals surface area contributed by atoms with Crippen LogP contribution in [0.3, 0.4) is 0 Å². The van der Waals surface area contributed by atoms with Crippen molar-refractivity contribution in [2.24, 2.45) is 0 Å². The van der Waals surface area contributed by atoms with Crippen molar-refractivity contribution in [1.82, 2.24) is 0 Å². The molecule has 1 aliphatic rings. The molecule has 4 rings (SSSR count). The fraction of sp³-hybridized carbons (Fsp3) is 0.167. The number of carboxylic acids is 1. The van der Waals surface area contributed by atoms with E-state index in [2.05, 4.69) is 0 Å². The fourth-order valence-electron chi connectivity index (χ4n) is 3.45. The number of ether oxygens (including phenoxy) is 4. The molecule has 0 spiro atoms. The monoisotopic (exact) mass is 374 g/mol. The molecule has 0 saturated heterocycles. The minimum Gasteiger partial charge on any atom is -0.493 e. The molecule has 0 radical (unpaired) electrons. The van der Waals surface area contributed by atoms with Crippen LogP contribution in [0.15, 0.2) is 24.3 Å². The molecule has 27 heavy (non-hydrogen) atoms. The lowest BCUT2D eigenvalue weighted by atomic mass is 9.94. The van der Waals surface area contributed by atoms with Gasteiger partial charge in [-0.1, -0.05) is 0 Å². The van der Waals surface area contributed by atoms with Gasteiger partial charge in [0.05, 0.1) is 25.2 Å². The molecule has 4 N–H and O–H groups in total. The number of carbonyl (C=O) groups is 1. The Hall–Kier alpha value is -3.27. The average molecular weight is 374 g/mol. The van der Waals surface area contributed by atoms with E-state index in [0.29, 0.717) is 33.4 Å². The smallest absolute Gasteiger partial charge is 0.336 e. The summed E-state index contributed by atoms with van der Waals surface area (Å²) >= 11 is 0. The molecule has 0 atom stereocenters. The predicted octanol–water partition coefficient (Wildman–Crippen LogP) is 1.73. The maximum atomic E-state index is 11.8. The quantitative estimate of drug-likeness (QED) is 0.403. The summed E-state index contributed by atoms with van der Waals surface area (Å²) in [6.45, 7) is -0.0681. The van der Waals surface area contributed by atoms with Crippen LogP contribution in [0.1, 0.15) is 10.4 Å². The molecule has 0 aliphatic carbocycles. The molecule has 0 unspecified atom stereocenters. The van der Waals surface area contributed by atoms with Crippen molar-refractivity contribution in [3.05, 3.63) is 29.8 Å². The van der Waals surface area contributed by atoms with Crippen molar-refractivity contribution in [1.29, 1.82) is 0 Å². The molecule has 0 saturated carbocycles. The normalized spacial score (nSPS) is 12.8. The molecule has 0 bridgehead atoms. The van der Waals surface area contributed by atoms with E-state index in [4.69, 9.17) is 18.9 Å². The van der Waals surface area contributed by atoms with Gasteiger partial charge in [0.25, 0.3) is 0 Å². The Labute approximate surface area is 152 Å². The summed E-state index contributed by atoms with van der Waals surface area (Å²) in [4.78, 5) is 11.8. The van der Waals surface area contributed by atoms with Gasteiger partial charge in [-0.25, -0.2) is 4.79 Å². The molecule has 1 aliphatic heterocycles. The number of methoxy groups -OCH3 is 2. The summed E-state index contributed by atoms with van der Waals surface area (Å²) in [7, 11) is 2.94. The number of quaternary nitrogens is 1. The Bertz CT molecular complexity index is 1090. The number of benzene rings is 3. The zero-order valence-electron chi connectivity index (χ0n) is 14.4. The molecule has 3 aromatic carbocycles. The number of hydrogen-bond donors (Lipinski definition) is 4. The highest BCUT2D eigenvalue weighted by molar-refractivity contribution is 6.22. The second kappa shape index (κ2) is 6.16. The third-order valence-electron chi connectivity index (χ3n) is 4.55. The van der Waals surface area contributed by atoms with Gasteiger partial charge in [0.1, 0.15) is 0 Å². The van der Waals surface area contributed by atoms with Crippen molar-refractivity contribution in [3.8, 4) is 23.0 Å². The number of rotatable bonds is 4. The van der Waals surface area contributed by atoms with Crippen LogP contribution in [0, 0.1) is 0 Å². The van der Waals surface area contributed by atoms with Crippen LogP contribution in [-0.4, -0.2) is 42.5 Å². The molecule has 140 valence electrons. The van der Waals surface area contributed by atoms with Crippen molar-refractivity contribution < 1.29 is 44.5 Å².